The van der Waals surface area contributed by atoms with Crippen LogP contribution in [0.2, 0.25) is 0 Å². The van der Waals surface area contributed by atoms with Gasteiger partial charge in [0, 0.05) is 12.0 Å². The van der Waals surface area contributed by atoms with E-state index in [-0.39, 0.29) is 0 Å². The van der Waals surface area contributed by atoms with E-state index in [1.807, 2.05) is 30.3 Å². The fraction of sp³-hybridized carbons (Fsp3) is 0.588. The minimum atomic E-state index is 0.311. The van der Waals surface area contributed by atoms with E-state index in [4.69, 9.17) is 0 Å². The van der Waals surface area contributed by atoms with Crippen molar-refractivity contribution in [1.82, 2.24) is 0 Å². The van der Waals surface area contributed by atoms with Crippen LogP contribution in [0.25, 0.3) is 0 Å². The van der Waals surface area contributed by atoms with Crippen LogP contribution in [0.3, 0.4) is 0 Å². The largest absolute Gasteiger partial charge is 0.294 e. The molecule has 0 aromatic heterocycles. The molecule has 0 spiro atoms. The monoisotopic (exact) mass is 246 g/mol. The Morgan fingerprint density at radius 2 is 1.72 bits per heavy atom. The highest BCUT2D eigenvalue weighted by Gasteiger charge is 2.14. The molecule has 0 aliphatic rings. The summed E-state index contributed by atoms with van der Waals surface area (Å²) in [4.78, 5) is 12.2. The van der Waals surface area contributed by atoms with Gasteiger partial charge >= 0.3 is 0 Å². The summed E-state index contributed by atoms with van der Waals surface area (Å²) in [5, 5.41) is 0. The molecule has 100 valence electrons. The molecule has 0 radical (unpaired) electrons. The molecule has 1 aromatic carbocycles. The van der Waals surface area contributed by atoms with E-state index < -0.39 is 0 Å². The standard InChI is InChI=1S/C17H26O/c1-3-5-7-11-15(10-4-2)14-17(18)16-12-8-6-9-13-16/h6,8-9,12-13,15H,3-5,7,10-11,14H2,1-2H3/t15-/m1/s1. The van der Waals surface area contributed by atoms with E-state index in [9.17, 15) is 4.79 Å². The van der Waals surface area contributed by atoms with E-state index in [2.05, 4.69) is 13.8 Å². The van der Waals surface area contributed by atoms with Gasteiger partial charge in [-0.2, -0.15) is 0 Å². The van der Waals surface area contributed by atoms with Gasteiger partial charge in [-0.1, -0.05) is 82.7 Å². The van der Waals surface area contributed by atoms with Gasteiger partial charge < -0.3 is 0 Å². The number of ketones is 1. The predicted molar refractivity (Wildman–Crippen MR) is 77.9 cm³/mol. The van der Waals surface area contributed by atoms with Crippen LogP contribution in [0, 0.1) is 5.92 Å². The van der Waals surface area contributed by atoms with Gasteiger partial charge in [-0.05, 0) is 5.92 Å². The number of carbonyl (C=O) groups excluding carboxylic acids is 1. The molecule has 18 heavy (non-hydrogen) atoms. The lowest BCUT2D eigenvalue weighted by Gasteiger charge is -2.15. The SMILES string of the molecule is CCCCC[C@@H](CCC)CC(=O)c1ccccc1. The van der Waals surface area contributed by atoms with E-state index >= 15 is 0 Å². The fourth-order valence-electron chi connectivity index (χ4n) is 2.44. The maximum absolute atomic E-state index is 12.2. The summed E-state index contributed by atoms with van der Waals surface area (Å²) in [5.41, 5.74) is 0.870. The van der Waals surface area contributed by atoms with Gasteiger partial charge in [0.05, 0.1) is 0 Å². The van der Waals surface area contributed by atoms with Gasteiger partial charge in [0.1, 0.15) is 0 Å². The molecule has 0 aliphatic carbocycles. The van der Waals surface area contributed by atoms with Crippen molar-refractivity contribution in [3.8, 4) is 0 Å². The smallest absolute Gasteiger partial charge is 0.163 e. The number of benzene rings is 1. The van der Waals surface area contributed by atoms with Crippen molar-refractivity contribution < 1.29 is 4.79 Å². The molecule has 0 saturated carbocycles. The van der Waals surface area contributed by atoms with E-state index in [1.54, 1.807) is 0 Å². The first-order valence-corrected chi connectivity index (χ1v) is 7.36. The lowest BCUT2D eigenvalue weighted by Crippen LogP contribution is -2.09. The average molecular weight is 246 g/mol. The lowest BCUT2D eigenvalue weighted by atomic mass is 9.90. The molecule has 0 saturated heterocycles. The topological polar surface area (TPSA) is 17.1 Å². The summed E-state index contributed by atoms with van der Waals surface area (Å²) in [6.45, 7) is 4.43. The van der Waals surface area contributed by atoms with Gasteiger partial charge in [-0.15, -0.1) is 0 Å². The zero-order chi connectivity index (χ0) is 13.2. The normalized spacial score (nSPS) is 12.3. The molecule has 0 N–H and O–H groups in total. The molecule has 1 aromatic rings. The summed E-state index contributed by atoms with van der Waals surface area (Å²) in [5.74, 6) is 0.889. The van der Waals surface area contributed by atoms with Gasteiger partial charge in [-0.3, -0.25) is 4.79 Å². The van der Waals surface area contributed by atoms with E-state index in [1.165, 1.54) is 38.5 Å². The Morgan fingerprint density at radius 1 is 1.00 bits per heavy atom. The van der Waals surface area contributed by atoms with Gasteiger partial charge in [-0.25, -0.2) is 0 Å². The summed E-state index contributed by atoms with van der Waals surface area (Å²) < 4.78 is 0. The van der Waals surface area contributed by atoms with Crippen LogP contribution in [-0.2, 0) is 0 Å². The van der Waals surface area contributed by atoms with Crippen molar-refractivity contribution in [1.29, 1.82) is 0 Å². The molecule has 1 heteroatoms. The number of hydrogen-bond donors (Lipinski definition) is 0. The molecular weight excluding hydrogens is 220 g/mol. The number of carbonyl (C=O) groups is 1. The van der Waals surface area contributed by atoms with Crippen molar-refractivity contribution in [3.05, 3.63) is 35.9 Å². The number of Topliss-reactive ketones (excluding diaryl/α,β-unsaturated/α-hetero) is 1. The zero-order valence-electron chi connectivity index (χ0n) is 11.8. The maximum atomic E-state index is 12.2. The molecule has 0 amide bonds. The highest BCUT2D eigenvalue weighted by Crippen LogP contribution is 2.21. The Hall–Kier alpha value is -1.11. The van der Waals surface area contributed by atoms with Crippen molar-refractivity contribution in [2.75, 3.05) is 0 Å². The Balaban J connectivity index is 2.47. The molecule has 0 bridgehead atoms. The van der Waals surface area contributed by atoms with Crippen LogP contribution < -0.4 is 0 Å². The average Bonchev–Trinajstić information content (AvgIpc) is 2.40. The Bertz CT molecular complexity index is 329. The first-order chi connectivity index (χ1) is 8.77. The van der Waals surface area contributed by atoms with E-state index in [0.717, 1.165) is 12.0 Å². The second kappa shape index (κ2) is 8.91. The fourth-order valence-corrected chi connectivity index (χ4v) is 2.44. The highest BCUT2D eigenvalue weighted by atomic mass is 16.1. The molecule has 0 unspecified atom stereocenters. The third-order valence-corrected chi connectivity index (χ3v) is 3.48. The summed E-state index contributed by atoms with van der Waals surface area (Å²) in [7, 11) is 0. The van der Waals surface area contributed by atoms with Crippen LogP contribution in [-0.4, -0.2) is 5.78 Å². The highest BCUT2D eigenvalue weighted by molar-refractivity contribution is 5.96. The van der Waals surface area contributed by atoms with Gasteiger partial charge in [0.25, 0.3) is 0 Å². The summed E-state index contributed by atoms with van der Waals surface area (Å²) in [6.07, 6.45) is 8.11. The van der Waals surface area contributed by atoms with Crippen LogP contribution in [0.5, 0.6) is 0 Å². The third-order valence-electron chi connectivity index (χ3n) is 3.48. The minimum Gasteiger partial charge on any atom is -0.294 e. The maximum Gasteiger partial charge on any atom is 0.163 e. The van der Waals surface area contributed by atoms with Crippen molar-refractivity contribution >= 4 is 5.78 Å². The van der Waals surface area contributed by atoms with Crippen LogP contribution >= 0.6 is 0 Å². The van der Waals surface area contributed by atoms with Gasteiger partial charge in [0.15, 0.2) is 5.78 Å². The molecule has 1 nitrogen and oxygen atoms in total. The van der Waals surface area contributed by atoms with E-state index in [0.29, 0.717) is 11.7 Å². The lowest BCUT2D eigenvalue weighted by molar-refractivity contribution is 0.0955. The zero-order valence-corrected chi connectivity index (χ0v) is 11.8. The van der Waals surface area contributed by atoms with Crippen LogP contribution in [0.1, 0.15) is 69.2 Å². The van der Waals surface area contributed by atoms with Crippen LogP contribution in [0.15, 0.2) is 30.3 Å². The van der Waals surface area contributed by atoms with Crippen molar-refractivity contribution in [2.24, 2.45) is 5.92 Å². The first-order valence-electron chi connectivity index (χ1n) is 7.36. The van der Waals surface area contributed by atoms with Crippen molar-refractivity contribution in [3.63, 3.8) is 0 Å². The second-order valence-electron chi connectivity index (χ2n) is 5.14. The molecule has 1 atom stereocenters. The second-order valence-corrected chi connectivity index (χ2v) is 5.14. The number of rotatable bonds is 9. The summed E-state index contributed by atoms with van der Waals surface area (Å²) in [6, 6.07) is 9.70. The first kappa shape index (κ1) is 14.9. The van der Waals surface area contributed by atoms with Crippen LogP contribution in [0.4, 0.5) is 0 Å². The Morgan fingerprint density at radius 3 is 2.33 bits per heavy atom. The number of hydrogen-bond acceptors (Lipinski definition) is 1. The minimum absolute atomic E-state index is 0.311. The van der Waals surface area contributed by atoms with Gasteiger partial charge in [0.2, 0.25) is 0 Å². The predicted octanol–water partition coefficient (Wildman–Crippen LogP) is 5.26. The quantitative estimate of drug-likeness (QED) is 0.429. The molecule has 0 aliphatic heterocycles. The Labute approximate surface area is 112 Å². The molecule has 1 rings (SSSR count). The molecule has 0 heterocycles. The Kier molecular flexibility index (Phi) is 7.40. The number of unbranched alkanes of at least 4 members (excludes halogenated alkanes) is 2. The summed E-state index contributed by atoms with van der Waals surface area (Å²) >= 11 is 0. The van der Waals surface area contributed by atoms with Crippen molar-refractivity contribution in [2.45, 2.75) is 58.8 Å². The third kappa shape index (κ3) is 5.48. The molecular formula is C17H26O. The molecule has 0 fully saturated rings.